The third kappa shape index (κ3) is 4.76. The lowest BCUT2D eigenvalue weighted by molar-refractivity contribution is -0.137. The number of carbonyl (C=O) groups is 1. The molecule has 0 radical (unpaired) electrons. The number of hydrogen-bond donors (Lipinski definition) is 0. The molecule has 2 saturated heterocycles. The highest BCUT2D eigenvalue weighted by atomic mass is 19.4. The van der Waals surface area contributed by atoms with Crippen molar-refractivity contribution in [1.82, 2.24) is 9.80 Å². The van der Waals surface area contributed by atoms with Gasteiger partial charge in [-0.3, -0.25) is 9.69 Å². The first kappa shape index (κ1) is 20.7. The summed E-state index contributed by atoms with van der Waals surface area (Å²) in [5, 5.41) is 0. The van der Waals surface area contributed by atoms with E-state index in [2.05, 4.69) is 0 Å². The fourth-order valence-corrected chi connectivity index (χ4v) is 3.69. The van der Waals surface area contributed by atoms with Gasteiger partial charge in [-0.15, -0.1) is 0 Å². The summed E-state index contributed by atoms with van der Waals surface area (Å²) < 4.78 is 50.0. The smallest absolute Gasteiger partial charge is 0.416 e. The average Bonchev–Trinajstić information content (AvgIpc) is 2.72. The first-order chi connectivity index (χ1) is 14.4. The summed E-state index contributed by atoms with van der Waals surface area (Å²) in [5.41, 5.74) is 0.505. The summed E-state index contributed by atoms with van der Waals surface area (Å²) in [6.07, 6.45) is -4.44. The predicted octanol–water partition coefficient (Wildman–Crippen LogP) is 3.44. The molecule has 4 rings (SSSR count). The minimum Gasteiger partial charge on any atom is -0.487 e. The molecule has 0 saturated carbocycles. The first-order valence-corrected chi connectivity index (χ1v) is 9.91. The van der Waals surface area contributed by atoms with Crippen molar-refractivity contribution in [2.75, 3.05) is 39.4 Å². The van der Waals surface area contributed by atoms with Crippen LogP contribution in [0.2, 0.25) is 0 Å². The molecule has 2 fully saturated rings. The van der Waals surface area contributed by atoms with E-state index in [-0.39, 0.29) is 12.0 Å². The number of para-hydroxylation sites is 1. The van der Waals surface area contributed by atoms with E-state index < -0.39 is 11.7 Å². The average molecular weight is 420 g/mol. The summed E-state index contributed by atoms with van der Waals surface area (Å²) in [7, 11) is 0. The van der Waals surface area contributed by atoms with Gasteiger partial charge in [-0.05, 0) is 23.8 Å². The van der Waals surface area contributed by atoms with E-state index in [1.54, 1.807) is 29.2 Å². The fourth-order valence-electron chi connectivity index (χ4n) is 3.69. The van der Waals surface area contributed by atoms with Crippen LogP contribution in [0.3, 0.4) is 0 Å². The number of ether oxygens (including phenoxy) is 2. The minimum atomic E-state index is -4.34. The van der Waals surface area contributed by atoms with Crippen molar-refractivity contribution < 1.29 is 27.4 Å². The Morgan fingerprint density at radius 2 is 1.80 bits per heavy atom. The molecule has 30 heavy (non-hydrogen) atoms. The number of amides is 1. The van der Waals surface area contributed by atoms with Crippen LogP contribution in [0, 0.1) is 0 Å². The van der Waals surface area contributed by atoms with Crippen LogP contribution in [0.4, 0.5) is 13.2 Å². The fraction of sp³-hybridized carbons (Fsp3) is 0.409. The molecule has 2 aromatic carbocycles. The van der Waals surface area contributed by atoms with Gasteiger partial charge in [0.1, 0.15) is 11.9 Å². The van der Waals surface area contributed by atoms with Crippen LogP contribution in [0.25, 0.3) is 0 Å². The first-order valence-electron chi connectivity index (χ1n) is 9.91. The highest BCUT2D eigenvalue weighted by Gasteiger charge is 2.32. The molecule has 0 atom stereocenters. The van der Waals surface area contributed by atoms with Gasteiger partial charge in [0.2, 0.25) is 0 Å². The maximum absolute atomic E-state index is 12.9. The van der Waals surface area contributed by atoms with Crippen LogP contribution in [-0.2, 0) is 17.5 Å². The van der Waals surface area contributed by atoms with Crippen LogP contribution in [0.1, 0.15) is 21.5 Å². The van der Waals surface area contributed by atoms with E-state index in [1.165, 1.54) is 12.1 Å². The highest BCUT2D eigenvalue weighted by molar-refractivity contribution is 5.97. The van der Waals surface area contributed by atoms with Crippen molar-refractivity contribution in [2.45, 2.75) is 18.8 Å². The Balaban J connectivity index is 1.34. The summed E-state index contributed by atoms with van der Waals surface area (Å²) in [4.78, 5) is 16.6. The van der Waals surface area contributed by atoms with Gasteiger partial charge in [0.15, 0.2) is 0 Å². The quantitative estimate of drug-likeness (QED) is 0.743. The van der Waals surface area contributed by atoms with E-state index in [1.807, 2.05) is 11.0 Å². The van der Waals surface area contributed by atoms with Gasteiger partial charge < -0.3 is 14.4 Å². The van der Waals surface area contributed by atoms with Gasteiger partial charge in [0, 0.05) is 32.7 Å². The van der Waals surface area contributed by atoms with E-state index >= 15 is 0 Å². The highest BCUT2D eigenvalue weighted by Crippen LogP contribution is 2.30. The molecule has 0 spiro atoms. The zero-order chi connectivity index (χ0) is 21.1. The molecule has 0 bridgehead atoms. The van der Waals surface area contributed by atoms with Crippen molar-refractivity contribution >= 4 is 5.91 Å². The Kier molecular flexibility index (Phi) is 5.97. The lowest BCUT2D eigenvalue weighted by Gasteiger charge is -2.39. The van der Waals surface area contributed by atoms with Gasteiger partial charge in [-0.25, -0.2) is 0 Å². The molecular formula is C22H23F3N2O3. The van der Waals surface area contributed by atoms with Gasteiger partial charge in [0.05, 0.1) is 24.3 Å². The molecule has 0 unspecified atom stereocenters. The van der Waals surface area contributed by atoms with Crippen molar-refractivity contribution in [3.05, 3.63) is 65.2 Å². The second-order valence-electron chi connectivity index (χ2n) is 7.53. The summed E-state index contributed by atoms with van der Waals surface area (Å²) in [5.74, 6) is 0.465. The molecule has 2 aromatic rings. The lowest BCUT2D eigenvalue weighted by Crippen LogP contribution is -2.53. The van der Waals surface area contributed by atoms with Crippen LogP contribution in [0.15, 0.2) is 48.5 Å². The topological polar surface area (TPSA) is 42.0 Å². The van der Waals surface area contributed by atoms with Gasteiger partial charge in [-0.2, -0.15) is 13.2 Å². The Labute approximate surface area is 173 Å². The molecule has 5 nitrogen and oxygen atoms in total. The van der Waals surface area contributed by atoms with Gasteiger partial charge >= 0.3 is 6.18 Å². The second-order valence-corrected chi connectivity index (χ2v) is 7.53. The number of morpholine rings is 1. The van der Waals surface area contributed by atoms with Crippen LogP contribution < -0.4 is 4.74 Å². The Morgan fingerprint density at radius 3 is 2.53 bits per heavy atom. The molecule has 0 aromatic heterocycles. The van der Waals surface area contributed by atoms with Gasteiger partial charge in [-0.1, -0.05) is 30.3 Å². The van der Waals surface area contributed by atoms with E-state index in [9.17, 15) is 18.0 Å². The monoisotopic (exact) mass is 420 g/mol. The number of rotatable bonds is 5. The number of benzene rings is 2. The van der Waals surface area contributed by atoms with Crippen molar-refractivity contribution in [1.29, 1.82) is 0 Å². The molecular weight excluding hydrogens is 397 g/mol. The molecule has 8 heteroatoms. The van der Waals surface area contributed by atoms with E-state index in [0.29, 0.717) is 62.8 Å². The van der Waals surface area contributed by atoms with Crippen LogP contribution >= 0.6 is 0 Å². The number of likely N-dealkylation sites (tertiary alicyclic amines) is 1. The van der Waals surface area contributed by atoms with Crippen molar-refractivity contribution in [3.63, 3.8) is 0 Å². The van der Waals surface area contributed by atoms with Gasteiger partial charge in [0.25, 0.3) is 5.91 Å². The molecule has 0 aliphatic carbocycles. The zero-order valence-electron chi connectivity index (χ0n) is 16.4. The molecule has 0 N–H and O–H groups in total. The number of halogens is 3. The normalized spacial score (nSPS) is 18.2. The minimum absolute atomic E-state index is 0.0750. The lowest BCUT2D eigenvalue weighted by atomic mass is 10.1. The summed E-state index contributed by atoms with van der Waals surface area (Å²) >= 11 is 0. The summed E-state index contributed by atoms with van der Waals surface area (Å²) in [6, 6.07) is 12.6. The SMILES string of the molecule is O=C(c1ccccc1OC1CN(Cc2cccc(C(F)(F)F)c2)C1)N1CCOCC1. The largest absolute Gasteiger partial charge is 0.487 e. The van der Waals surface area contributed by atoms with Crippen molar-refractivity contribution in [2.24, 2.45) is 0 Å². The molecule has 2 aliphatic heterocycles. The van der Waals surface area contributed by atoms with Crippen LogP contribution in [0.5, 0.6) is 5.75 Å². The zero-order valence-corrected chi connectivity index (χ0v) is 16.4. The third-order valence-corrected chi connectivity index (χ3v) is 5.29. The Hall–Kier alpha value is -2.58. The molecule has 160 valence electrons. The van der Waals surface area contributed by atoms with Crippen LogP contribution in [-0.4, -0.2) is 61.2 Å². The third-order valence-electron chi connectivity index (χ3n) is 5.29. The number of carbonyl (C=O) groups excluding carboxylic acids is 1. The summed E-state index contributed by atoms with van der Waals surface area (Å²) in [6.45, 7) is 3.79. The maximum Gasteiger partial charge on any atom is 0.416 e. The van der Waals surface area contributed by atoms with E-state index in [0.717, 1.165) is 6.07 Å². The molecule has 2 heterocycles. The Morgan fingerprint density at radius 1 is 1.07 bits per heavy atom. The standard InChI is InChI=1S/C22H23F3N2O3/c23-22(24,25)17-5-3-4-16(12-17)13-26-14-18(15-26)30-20-7-2-1-6-19(20)21(28)27-8-10-29-11-9-27/h1-7,12,18H,8-11,13-15H2. The second kappa shape index (κ2) is 8.65. The van der Waals surface area contributed by atoms with E-state index in [4.69, 9.17) is 9.47 Å². The van der Waals surface area contributed by atoms with Crippen molar-refractivity contribution in [3.8, 4) is 5.75 Å². The number of nitrogens with zero attached hydrogens (tertiary/aromatic N) is 2. The number of alkyl halides is 3. The molecule has 1 amide bonds. The molecule has 2 aliphatic rings. The maximum atomic E-state index is 12.9. The Bertz CT molecular complexity index is 891. The predicted molar refractivity (Wildman–Crippen MR) is 104 cm³/mol. The number of hydrogen-bond acceptors (Lipinski definition) is 4.